The summed E-state index contributed by atoms with van der Waals surface area (Å²) >= 11 is 6.79. The number of nitrogens with one attached hydrogen (secondary N) is 2. The first-order chi connectivity index (χ1) is 11.0. The lowest BCUT2D eigenvalue weighted by molar-refractivity contribution is -0.130. The van der Waals surface area contributed by atoms with Crippen molar-refractivity contribution in [3.8, 4) is 5.75 Å². The van der Waals surface area contributed by atoms with Gasteiger partial charge in [-0.1, -0.05) is 28.8 Å². The molecule has 126 valence electrons. The fourth-order valence-corrected chi connectivity index (χ4v) is 4.27. The number of hydrogen-bond acceptors (Lipinski definition) is 3. The molecule has 1 aromatic rings. The number of halogens is 2. The van der Waals surface area contributed by atoms with E-state index < -0.39 is 0 Å². The van der Waals surface area contributed by atoms with Gasteiger partial charge in [0, 0.05) is 10.9 Å². The summed E-state index contributed by atoms with van der Waals surface area (Å²) in [5.41, 5.74) is 5.74. The molecule has 7 heteroatoms. The van der Waals surface area contributed by atoms with Gasteiger partial charge in [0.05, 0.1) is 4.47 Å². The van der Waals surface area contributed by atoms with Gasteiger partial charge >= 0.3 is 0 Å². The summed E-state index contributed by atoms with van der Waals surface area (Å²) in [7, 11) is 0. The first-order valence-corrected chi connectivity index (χ1v) is 9.20. The van der Waals surface area contributed by atoms with E-state index in [1.807, 2.05) is 19.1 Å². The maximum atomic E-state index is 11.8. The monoisotopic (exact) mass is 446 g/mol. The zero-order chi connectivity index (χ0) is 16.8. The molecule has 0 bridgehead atoms. The van der Waals surface area contributed by atoms with E-state index in [4.69, 9.17) is 4.74 Å². The van der Waals surface area contributed by atoms with Gasteiger partial charge in [0.25, 0.3) is 5.91 Å². The maximum Gasteiger partial charge on any atom is 0.276 e. The van der Waals surface area contributed by atoms with Gasteiger partial charge in [-0.2, -0.15) is 0 Å². The number of carbonyl (C=O) groups is 2. The third-order valence-electron chi connectivity index (χ3n) is 3.83. The third kappa shape index (κ3) is 5.80. The van der Waals surface area contributed by atoms with Crippen molar-refractivity contribution >= 4 is 43.7 Å². The van der Waals surface area contributed by atoms with Gasteiger partial charge in [-0.15, -0.1) is 0 Å². The predicted octanol–water partition coefficient (Wildman–Crippen LogP) is 3.63. The SMILES string of the molecule is Cc1cc(Br)cc(Br)c1OCC(=O)NNC(=O)CC1CCCC1. The Balaban J connectivity index is 1.73. The second kappa shape index (κ2) is 8.68. The highest BCUT2D eigenvalue weighted by atomic mass is 79.9. The van der Waals surface area contributed by atoms with Crippen molar-refractivity contribution in [3.63, 3.8) is 0 Å². The predicted molar refractivity (Wildman–Crippen MR) is 94.9 cm³/mol. The van der Waals surface area contributed by atoms with Crippen LogP contribution in [0.15, 0.2) is 21.1 Å². The van der Waals surface area contributed by atoms with E-state index >= 15 is 0 Å². The smallest absolute Gasteiger partial charge is 0.276 e. The van der Waals surface area contributed by atoms with Crippen LogP contribution in [0.3, 0.4) is 0 Å². The number of aryl methyl sites for hydroxylation is 1. The van der Waals surface area contributed by atoms with E-state index in [0.29, 0.717) is 18.1 Å². The minimum atomic E-state index is -0.390. The number of hydrogen-bond donors (Lipinski definition) is 2. The lowest BCUT2D eigenvalue weighted by atomic mass is 10.0. The number of carbonyl (C=O) groups excluding carboxylic acids is 2. The molecule has 1 aliphatic carbocycles. The minimum absolute atomic E-state index is 0.147. The Kier molecular flexibility index (Phi) is 6.89. The Morgan fingerprint density at radius 3 is 2.48 bits per heavy atom. The summed E-state index contributed by atoms with van der Waals surface area (Å²) in [5, 5.41) is 0. The van der Waals surface area contributed by atoms with E-state index in [1.54, 1.807) is 0 Å². The number of amides is 2. The van der Waals surface area contributed by atoms with Crippen molar-refractivity contribution in [1.29, 1.82) is 0 Å². The Morgan fingerprint density at radius 1 is 1.17 bits per heavy atom. The van der Waals surface area contributed by atoms with Gasteiger partial charge in [-0.25, -0.2) is 0 Å². The summed E-state index contributed by atoms with van der Waals surface area (Å²) in [5.74, 6) is 0.524. The summed E-state index contributed by atoms with van der Waals surface area (Å²) in [6, 6.07) is 3.75. The fraction of sp³-hybridized carbons (Fsp3) is 0.500. The molecule has 5 nitrogen and oxygen atoms in total. The molecule has 0 saturated heterocycles. The molecule has 0 spiro atoms. The Hall–Kier alpha value is -1.08. The highest BCUT2D eigenvalue weighted by molar-refractivity contribution is 9.11. The van der Waals surface area contributed by atoms with Gasteiger partial charge in [0.15, 0.2) is 6.61 Å². The zero-order valence-electron chi connectivity index (χ0n) is 13.0. The van der Waals surface area contributed by atoms with E-state index in [-0.39, 0.29) is 18.4 Å². The number of ether oxygens (including phenoxy) is 1. The van der Waals surface area contributed by atoms with Crippen molar-refractivity contribution in [2.75, 3.05) is 6.61 Å². The molecule has 2 N–H and O–H groups in total. The molecule has 0 aliphatic heterocycles. The molecular weight excluding hydrogens is 428 g/mol. The highest BCUT2D eigenvalue weighted by Gasteiger charge is 2.18. The van der Waals surface area contributed by atoms with E-state index in [0.717, 1.165) is 27.4 Å². The quantitative estimate of drug-likeness (QED) is 0.677. The van der Waals surface area contributed by atoms with E-state index in [9.17, 15) is 9.59 Å². The van der Waals surface area contributed by atoms with Crippen molar-refractivity contribution < 1.29 is 14.3 Å². The average Bonchev–Trinajstić information content (AvgIpc) is 2.96. The summed E-state index contributed by atoms with van der Waals surface area (Å²) < 4.78 is 7.21. The third-order valence-corrected chi connectivity index (χ3v) is 4.88. The van der Waals surface area contributed by atoms with Crippen LogP contribution in [0.1, 0.15) is 37.7 Å². The largest absolute Gasteiger partial charge is 0.482 e. The van der Waals surface area contributed by atoms with Gasteiger partial charge in [0.1, 0.15) is 5.75 Å². The Morgan fingerprint density at radius 2 is 1.83 bits per heavy atom. The molecule has 1 fully saturated rings. The van der Waals surface area contributed by atoms with Gasteiger partial charge in [0.2, 0.25) is 5.91 Å². The molecule has 1 aromatic carbocycles. The van der Waals surface area contributed by atoms with Crippen molar-refractivity contribution in [2.24, 2.45) is 5.92 Å². The van der Waals surface area contributed by atoms with Gasteiger partial charge in [-0.05, 0) is 59.3 Å². The average molecular weight is 448 g/mol. The summed E-state index contributed by atoms with van der Waals surface area (Å²) in [4.78, 5) is 23.5. The van der Waals surface area contributed by atoms with Crippen LogP contribution in [0.25, 0.3) is 0 Å². The minimum Gasteiger partial charge on any atom is -0.482 e. The van der Waals surface area contributed by atoms with Crippen LogP contribution >= 0.6 is 31.9 Å². The highest BCUT2D eigenvalue weighted by Crippen LogP contribution is 2.32. The second-order valence-corrected chi connectivity index (χ2v) is 7.54. The summed E-state index contributed by atoms with van der Waals surface area (Å²) in [6.45, 7) is 1.73. The molecule has 1 aliphatic rings. The van der Waals surface area contributed by atoms with Crippen LogP contribution in [-0.4, -0.2) is 18.4 Å². The van der Waals surface area contributed by atoms with Crippen molar-refractivity contribution in [3.05, 3.63) is 26.6 Å². The van der Waals surface area contributed by atoms with Crippen molar-refractivity contribution in [2.45, 2.75) is 39.0 Å². The van der Waals surface area contributed by atoms with Crippen LogP contribution in [0.4, 0.5) is 0 Å². The number of rotatable bonds is 5. The van der Waals surface area contributed by atoms with Crippen LogP contribution in [0, 0.1) is 12.8 Å². The molecule has 0 radical (unpaired) electrons. The van der Waals surface area contributed by atoms with Gasteiger partial charge in [-0.3, -0.25) is 20.4 Å². The summed E-state index contributed by atoms with van der Waals surface area (Å²) in [6.07, 6.45) is 5.06. The molecule has 1 saturated carbocycles. The molecule has 0 unspecified atom stereocenters. The molecule has 2 amide bonds. The lowest BCUT2D eigenvalue weighted by Gasteiger charge is -2.13. The first-order valence-electron chi connectivity index (χ1n) is 7.62. The Labute approximate surface area is 152 Å². The fourth-order valence-electron chi connectivity index (χ4n) is 2.71. The molecule has 0 atom stereocenters. The number of hydrazine groups is 1. The lowest BCUT2D eigenvalue weighted by Crippen LogP contribution is -2.44. The zero-order valence-corrected chi connectivity index (χ0v) is 16.1. The number of benzene rings is 1. The Bertz CT molecular complexity index is 564. The molecule has 0 aromatic heterocycles. The molecule has 2 rings (SSSR count). The standard InChI is InChI=1S/C16H20Br2N2O3/c1-10-6-12(17)8-13(18)16(10)23-9-15(22)20-19-14(21)7-11-4-2-3-5-11/h6,8,11H,2-5,7,9H2,1H3,(H,19,21)(H,20,22). The van der Waals surface area contributed by atoms with Crippen LogP contribution in [0.2, 0.25) is 0 Å². The van der Waals surface area contributed by atoms with Gasteiger partial charge < -0.3 is 4.74 Å². The van der Waals surface area contributed by atoms with Crippen LogP contribution in [-0.2, 0) is 9.59 Å². The maximum absolute atomic E-state index is 11.8. The van der Waals surface area contributed by atoms with Crippen molar-refractivity contribution in [1.82, 2.24) is 10.9 Å². The molecular formula is C16H20Br2N2O3. The molecule has 0 heterocycles. The first kappa shape index (κ1) is 18.3. The normalized spacial score (nSPS) is 14.6. The van der Waals surface area contributed by atoms with E-state index in [2.05, 4.69) is 42.7 Å². The second-order valence-electron chi connectivity index (χ2n) is 5.77. The van der Waals surface area contributed by atoms with Crippen LogP contribution in [0.5, 0.6) is 5.75 Å². The van der Waals surface area contributed by atoms with E-state index in [1.165, 1.54) is 12.8 Å². The molecule has 23 heavy (non-hydrogen) atoms. The van der Waals surface area contributed by atoms with Crippen LogP contribution < -0.4 is 15.6 Å². The topological polar surface area (TPSA) is 67.4 Å².